The van der Waals surface area contributed by atoms with Gasteiger partial charge in [0, 0.05) is 30.9 Å². The van der Waals surface area contributed by atoms with Gasteiger partial charge in [-0.25, -0.2) is 9.37 Å². The Hall–Kier alpha value is -2.45. The number of nitrogens with zero attached hydrogens (tertiary/aromatic N) is 2. The molecule has 1 aliphatic carbocycles. The van der Waals surface area contributed by atoms with Gasteiger partial charge in [-0.05, 0) is 85.3 Å². The summed E-state index contributed by atoms with van der Waals surface area (Å²) in [5.41, 5.74) is 3.29. The molecule has 5 heteroatoms. The zero-order valence-electron chi connectivity index (χ0n) is 20.7. The van der Waals surface area contributed by atoms with Crippen molar-refractivity contribution in [3.8, 4) is 0 Å². The van der Waals surface area contributed by atoms with Gasteiger partial charge in [-0.1, -0.05) is 43.4 Å². The molecular formula is C29H37FN3P. The van der Waals surface area contributed by atoms with E-state index in [-0.39, 0.29) is 11.9 Å². The lowest BCUT2D eigenvalue weighted by Crippen LogP contribution is -2.38. The van der Waals surface area contributed by atoms with Crippen molar-refractivity contribution in [2.75, 3.05) is 18.9 Å². The summed E-state index contributed by atoms with van der Waals surface area (Å²) in [7, 11) is 4.91. The van der Waals surface area contributed by atoms with Crippen LogP contribution in [-0.2, 0) is 0 Å². The smallest absolute Gasteiger partial charge is 0.134 e. The molecule has 1 aromatic heterocycles. The van der Waals surface area contributed by atoms with Crippen LogP contribution in [0.25, 0.3) is 10.8 Å². The molecule has 2 heterocycles. The highest BCUT2D eigenvalue weighted by Crippen LogP contribution is 2.39. The average Bonchev–Trinajstić information content (AvgIpc) is 3.67. The predicted octanol–water partition coefficient (Wildman–Crippen LogP) is 7.06. The molecule has 2 aromatic rings. The van der Waals surface area contributed by atoms with E-state index < -0.39 is 0 Å². The first-order valence-electron chi connectivity index (χ1n) is 12.5. The molecule has 2 unspecified atom stereocenters. The van der Waals surface area contributed by atoms with Crippen LogP contribution in [0.2, 0.25) is 0 Å². The van der Waals surface area contributed by atoms with Crippen molar-refractivity contribution in [2.24, 2.45) is 5.92 Å². The van der Waals surface area contributed by atoms with Gasteiger partial charge < -0.3 is 10.2 Å². The van der Waals surface area contributed by atoms with Crippen molar-refractivity contribution in [2.45, 2.75) is 58.4 Å². The Kier molecular flexibility index (Phi) is 8.21. The van der Waals surface area contributed by atoms with E-state index in [4.69, 9.17) is 0 Å². The summed E-state index contributed by atoms with van der Waals surface area (Å²) >= 11 is 0. The van der Waals surface area contributed by atoms with E-state index in [0.717, 1.165) is 47.9 Å². The molecule has 0 bridgehead atoms. The number of benzene rings is 1. The van der Waals surface area contributed by atoms with Crippen LogP contribution in [0.5, 0.6) is 0 Å². The lowest BCUT2D eigenvalue weighted by molar-refractivity contribution is 0.328. The van der Waals surface area contributed by atoms with E-state index >= 15 is 0 Å². The first-order chi connectivity index (χ1) is 16.5. The molecule has 4 rings (SSSR count). The van der Waals surface area contributed by atoms with E-state index in [1.54, 1.807) is 13.0 Å². The summed E-state index contributed by atoms with van der Waals surface area (Å²) in [6, 6.07) is 8.59. The van der Waals surface area contributed by atoms with Crippen LogP contribution in [0.1, 0.15) is 52.4 Å². The topological polar surface area (TPSA) is 28.2 Å². The summed E-state index contributed by atoms with van der Waals surface area (Å²) in [4.78, 5) is 6.98. The Balaban J connectivity index is 1.62. The highest BCUT2D eigenvalue weighted by atomic mass is 31.0. The van der Waals surface area contributed by atoms with Crippen molar-refractivity contribution < 1.29 is 4.39 Å². The van der Waals surface area contributed by atoms with Gasteiger partial charge >= 0.3 is 0 Å². The molecule has 1 aliphatic heterocycles. The van der Waals surface area contributed by atoms with E-state index in [0.29, 0.717) is 12.3 Å². The summed E-state index contributed by atoms with van der Waals surface area (Å²) < 4.78 is 14.9. The van der Waals surface area contributed by atoms with Gasteiger partial charge in [-0.3, -0.25) is 0 Å². The van der Waals surface area contributed by atoms with Crippen molar-refractivity contribution in [3.05, 3.63) is 77.4 Å². The number of piperidine rings is 1. The number of halogens is 1. The van der Waals surface area contributed by atoms with Crippen LogP contribution in [0, 0.1) is 5.92 Å². The fourth-order valence-corrected chi connectivity index (χ4v) is 5.07. The average molecular weight is 478 g/mol. The highest BCUT2D eigenvalue weighted by molar-refractivity contribution is 7.27. The molecule has 34 heavy (non-hydrogen) atoms. The third kappa shape index (κ3) is 5.96. The third-order valence-electron chi connectivity index (χ3n) is 6.81. The Morgan fingerprint density at radius 3 is 2.82 bits per heavy atom. The number of likely N-dealkylation sites (tertiary alicyclic amines) is 1. The largest absolute Gasteiger partial charge is 0.376 e. The normalized spacial score (nSPS) is 21.4. The number of pyridine rings is 1. The maximum atomic E-state index is 14.9. The highest BCUT2D eigenvalue weighted by Gasteiger charge is 2.26. The second-order valence-corrected chi connectivity index (χ2v) is 10.1. The van der Waals surface area contributed by atoms with Gasteiger partial charge in [0.2, 0.25) is 0 Å². The molecule has 180 valence electrons. The minimum atomic E-state index is -0.119. The lowest BCUT2D eigenvalue weighted by atomic mass is 9.97. The second-order valence-electron chi connectivity index (χ2n) is 9.43. The quantitative estimate of drug-likeness (QED) is 0.326. The molecule has 2 aliphatic rings. The lowest BCUT2D eigenvalue weighted by Gasteiger charge is -2.35. The van der Waals surface area contributed by atoms with Crippen molar-refractivity contribution in [1.29, 1.82) is 0 Å². The number of aromatic nitrogens is 1. The number of anilines is 1. The van der Waals surface area contributed by atoms with E-state index in [1.165, 1.54) is 29.5 Å². The first-order valence-corrected chi connectivity index (χ1v) is 13.1. The maximum Gasteiger partial charge on any atom is 0.134 e. The molecule has 2 fully saturated rings. The number of rotatable bonds is 8. The fourth-order valence-electron chi connectivity index (χ4n) is 4.81. The predicted molar refractivity (Wildman–Crippen MR) is 147 cm³/mol. The molecule has 0 radical (unpaired) electrons. The molecule has 0 amide bonds. The minimum Gasteiger partial charge on any atom is -0.376 e. The monoisotopic (exact) mass is 477 g/mol. The third-order valence-corrected chi connectivity index (χ3v) is 7.17. The van der Waals surface area contributed by atoms with Crippen LogP contribution in [0.15, 0.2) is 77.4 Å². The summed E-state index contributed by atoms with van der Waals surface area (Å²) in [5, 5.41) is 7.16. The standard InChI is InChI=1S/C29H37FN3P/c1-4-7-22(20-9-10-20)18-23(26(30)5-2)12-14-28-27(8-6-17-33(28)3)32-29-25-19-24(34)13-11-21(25)15-16-31-29/h5,7,11,13-16,18-20,27H,4,6,8-10,12,17,34H2,1-3H3,(H,31,32)/b22-7-,23-18-,26-5+,28-14-. The molecule has 1 saturated heterocycles. The zero-order valence-corrected chi connectivity index (χ0v) is 21.8. The molecule has 1 N–H and O–H groups in total. The summed E-state index contributed by atoms with van der Waals surface area (Å²) in [6.45, 7) is 4.94. The number of hydrogen-bond acceptors (Lipinski definition) is 3. The van der Waals surface area contributed by atoms with E-state index in [2.05, 4.69) is 74.8 Å². The first kappa shape index (κ1) is 24.7. The Morgan fingerprint density at radius 2 is 2.09 bits per heavy atom. The van der Waals surface area contributed by atoms with E-state index in [9.17, 15) is 4.39 Å². The Labute approximate surface area is 206 Å². The fraction of sp³-hybridized carbons (Fsp3) is 0.414. The van der Waals surface area contributed by atoms with Gasteiger partial charge in [-0.15, -0.1) is 9.24 Å². The Bertz CT molecular complexity index is 1140. The van der Waals surface area contributed by atoms with Crippen LogP contribution in [0.4, 0.5) is 10.2 Å². The van der Waals surface area contributed by atoms with Gasteiger partial charge in [0.1, 0.15) is 11.6 Å². The van der Waals surface area contributed by atoms with Crippen LogP contribution < -0.4 is 10.6 Å². The molecule has 2 atom stereocenters. The van der Waals surface area contributed by atoms with Crippen molar-refractivity contribution in [3.63, 3.8) is 0 Å². The zero-order chi connectivity index (χ0) is 24.1. The number of allylic oxidation sites excluding steroid dienone is 7. The summed E-state index contributed by atoms with van der Waals surface area (Å²) in [6.07, 6.45) is 16.2. The molecule has 0 spiro atoms. The summed E-state index contributed by atoms with van der Waals surface area (Å²) in [5.74, 6) is 1.40. The SMILES string of the molecule is C\C=C(F)/C(=C\C(=C\CC)C1CC1)C/C=C1/C(Nc2nccc3ccc(P)cc23)CCCN1C. The van der Waals surface area contributed by atoms with Crippen molar-refractivity contribution in [1.82, 2.24) is 9.88 Å². The number of nitrogens with one attached hydrogen (secondary N) is 1. The van der Waals surface area contributed by atoms with E-state index in [1.807, 2.05) is 12.3 Å². The van der Waals surface area contributed by atoms with Crippen molar-refractivity contribution >= 4 is 31.1 Å². The number of fused-ring (bicyclic) bond motifs is 1. The molecule has 1 saturated carbocycles. The molecular weight excluding hydrogens is 440 g/mol. The van der Waals surface area contributed by atoms with Crippen LogP contribution >= 0.6 is 9.24 Å². The number of likely N-dealkylation sites (N-methyl/N-ethyl adjacent to an activating group) is 1. The molecule has 1 aromatic carbocycles. The Morgan fingerprint density at radius 1 is 1.26 bits per heavy atom. The van der Waals surface area contributed by atoms with Gasteiger partial charge in [-0.2, -0.15) is 0 Å². The van der Waals surface area contributed by atoms with Gasteiger partial charge in [0.15, 0.2) is 0 Å². The van der Waals surface area contributed by atoms with Crippen LogP contribution in [-0.4, -0.2) is 29.5 Å². The molecule has 3 nitrogen and oxygen atoms in total. The van der Waals surface area contributed by atoms with Crippen LogP contribution in [0.3, 0.4) is 0 Å². The van der Waals surface area contributed by atoms with Gasteiger partial charge in [0.05, 0.1) is 6.04 Å². The minimum absolute atomic E-state index is 0.119. The second kappa shape index (κ2) is 11.3. The number of hydrogen-bond donors (Lipinski definition) is 1. The maximum absolute atomic E-state index is 14.9. The van der Waals surface area contributed by atoms with Gasteiger partial charge in [0.25, 0.3) is 0 Å².